The molecule has 0 bridgehead atoms. The van der Waals surface area contributed by atoms with Gasteiger partial charge in [0, 0.05) is 6.54 Å². The van der Waals surface area contributed by atoms with E-state index in [1.54, 1.807) is 5.01 Å². The molecule has 0 spiro atoms. The first kappa shape index (κ1) is 10.5. The SMILES string of the molecule is CCCCN1N=CN([N+](=O)[O-])C1I. The topological polar surface area (TPSA) is 62.0 Å². The van der Waals surface area contributed by atoms with Crippen molar-refractivity contribution in [3.05, 3.63) is 10.1 Å². The maximum atomic E-state index is 10.4. The highest BCUT2D eigenvalue weighted by Gasteiger charge is 2.32. The molecule has 6 nitrogen and oxygen atoms in total. The Balaban J connectivity index is 2.46. The van der Waals surface area contributed by atoms with Crippen LogP contribution in [-0.2, 0) is 0 Å². The number of hydrazine groups is 1. The van der Waals surface area contributed by atoms with Crippen molar-refractivity contribution in [1.29, 1.82) is 0 Å². The van der Waals surface area contributed by atoms with Gasteiger partial charge in [0.15, 0.2) is 11.4 Å². The van der Waals surface area contributed by atoms with Crippen molar-refractivity contribution in [3.63, 3.8) is 0 Å². The van der Waals surface area contributed by atoms with Gasteiger partial charge in [-0.25, -0.2) is 10.1 Å². The lowest BCUT2D eigenvalue weighted by atomic mass is 10.3. The summed E-state index contributed by atoms with van der Waals surface area (Å²) in [4.78, 5) is 10.4. The average Bonchev–Trinajstić information content (AvgIpc) is 2.43. The van der Waals surface area contributed by atoms with Gasteiger partial charge >= 0.3 is 0 Å². The molecule has 7 heteroatoms. The van der Waals surface area contributed by atoms with Crippen molar-refractivity contribution in [2.45, 2.75) is 23.9 Å². The van der Waals surface area contributed by atoms with E-state index in [9.17, 15) is 10.1 Å². The second kappa shape index (κ2) is 4.58. The first-order valence-corrected chi connectivity index (χ1v) is 5.29. The summed E-state index contributed by atoms with van der Waals surface area (Å²) in [6.45, 7) is 2.85. The maximum absolute atomic E-state index is 10.4. The molecule has 0 aromatic heterocycles. The van der Waals surface area contributed by atoms with Crippen molar-refractivity contribution in [2.75, 3.05) is 6.54 Å². The molecule has 1 heterocycles. The van der Waals surface area contributed by atoms with Crippen molar-refractivity contribution in [3.8, 4) is 0 Å². The molecule has 0 fully saturated rings. The van der Waals surface area contributed by atoms with Gasteiger partial charge in [0.2, 0.25) is 4.17 Å². The zero-order valence-electron chi connectivity index (χ0n) is 7.26. The van der Waals surface area contributed by atoms with Crippen LogP contribution in [0.5, 0.6) is 0 Å². The minimum absolute atomic E-state index is 0.292. The summed E-state index contributed by atoms with van der Waals surface area (Å²) in [5.74, 6) is 0. The second-order valence-electron chi connectivity index (χ2n) is 2.68. The minimum Gasteiger partial charge on any atom is -0.258 e. The largest absolute Gasteiger partial charge is 0.258 e. The van der Waals surface area contributed by atoms with Gasteiger partial charge < -0.3 is 0 Å². The number of rotatable bonds is 4. The number of hydrazone groups is 1. The van der Waals surface area contributed by atoms with Crippen LogP contribution in [0.15, 0.2) is 5.10 Å². The first-order chi connectivity index (χ1) is 6.16. The van der Waals surface area contributed by atoms with E-state index < -0.39 is 5.03 Å². The number of nitrogens with zero attached hydrogens (tertiary/aromatic N) is 4. The van der Waals surface area contributed by atoms with Gasteiger partial charge in [-0.05, 0) is 34.0 Å². The molecule has 0 amide bonds. The zero-order chi connectivity index (χ0) is 9.84. The lowest BCUT2D eigenvalue weighted by Crippen LogP contribution is -2.38. The Morgan fingerprint density at radius 2 is 2.46 bits per heavy atom. The maximum Gasteiger partial charge on any atom is 0.233 e. The normalized spacial score (nSPS) is 21.2. The third-order valence-corrected chi connectivity index (χ3v) is 2.93. The second-order valence-corrected chi connectivity index (χ2v) is 3.79. The molecule has 1 aliphatic heterocycles. The number of unbranched alkanes of at least 4 members (excludes halogenated alkanes) is 1. The van der Waals surface area contributed by atoms with Gasteiger partial charge in [-0.1, -0.05) is 13.3 Å². The van der Waals surface area contributed by atoms with Crippen molar-refractivity contribution in [2.24, 2.45) is 5.10 Å². The van der Waals surface area contributed by atoms with Crippen molar-refractivity contribution >= 4 is 28.9 Å². The predicted octanol–water partition coefficient (Wildman–Crippen LogP) is 1.26. The Labute approximate surface area is 89.8 Å². The summed E-state index contributed by atoms with van der Waals surface area (Å²) in [6.07, 6.45) is 3.32. The van der Waals surface area contributed by atoms with Crippen LogP contribution in [0, 0.1) is 10.1 Å². The van der Waals surface area contributed by atoms with Gasteiger partial charge in [-0.15, -0.1) is 0 Å². The molecule has 13 heavy (non-hydrogen) atoms. The highest BCUT2D eigenvalue weighted by atomic mass is 127. The molecule has 1 rings (SSSR count). The average molecular weight is 298 g/mol. The Morgan fingerprint density at radius 3 is 2.92 bits per heavy atom. The van der Waals surface area contributed by atoms with Crippen LogP contribution >= 0.6 is 22.6 Å². The molecule has 0 N–H and O–H groups in total. The van der Waals surface area contributed by atoms with Gasteiger partial charge in [0.25, 0.3) is 0 Å². The Morgan fingerprint density at radius 1 is 1.77 bits per heavy atom. The van der Waals surface area contributed by atoms with Crippen LogP contribution in [0.2, 0.25) is 0 Å². The van der Waals surface area contributed by atoms with Crippen LogP contribution in [-0.4, -0.2) is 32.1 Å². The Kier molecular flexibility index (Phi) is 3.70. The molecule has 1 atom stereocenters. The molecular weight excluding hydrogens is 287 g/mol. The Bertz CT molecular complexity index is 223. The summed E-state index contributed by atoms with van der Waals surface area (Å²) >= 11 is 2.00. The molecule has 0 saturated heterocycles. The molecule has 74 valence electrons. The number of hydrogen-bond donors (Lipinski definition) is 0. The van der Waals surface area contributed by atoms with E-state index in [1.807, 2.05) is 22.6 Å². The van der Waals surface area contributed by atoms with Gasteiger partial charge in [0.05, 0.1) is 0 Å². The fourth-order valence-electron chi connectivity index (χ4n) is 0.970. The van der Waals surface area contributed by atoms with E-state index in [0.717, 1.165) is 24.4 Å². The summed E-state index contributed by atoms with van der Waals surface area (Å²) in [5.41, 5.74) is 0. The summed E-state index contributed by atoms with van der Waals surface area (Å²) in [6, 6.07) is 0. The third kappa shape index (κ3) is 2.42. The van der Waals surface area contributed by atoms with E-state index in [-0.39, 0.29) is 4.17 Å². The molecule has 0 aromatic carbocycles. The van der Waals surface area contributed by atoms with Crippen LogP contribution in [0.25, 0.3) is 0 Å². The van der Waals surface area contributed by atoms with Crippen LogP contribution in [0.3, 0.4) is 0 Å². The lowest BCUT2D eigenvalue weighted by molar-refractivity contribution is -0.630. The van der Waals surface area contributed by atoms with E-state index in [0.29, 0.717) is 0 Å². The van der Waals surface area contributed by atoms with E-state index in [1.165, 1.54) is 6.34 Å². The number of hydrogen-bond acceptors (Lipinski definition) is 4. The number of alkyl halides is 1. The molecule has 0 aliphatic carbocycles. The monoisotopic (exact) mass is 298 g/mol. The van der Waals surface area contributed by atoms with E-state index in [4.69, 9.17) is 0 Å². The molecule has 0 aromatic rings. The third-order valence-electron chi connectivity index (χ3n) is 1.71. The van der Waals surface area contributed by atoms with Gasteiger partial charge in [-0.3, -0.25) is 5.01 Å². The fraction of sp³-hybridized carbons (Fsp3) is 0.833. The molecular formula is C6H11IN4O2. The van der Waals surface area contributed by atoms with Crippen molar-refractivity contribution < 1.29 is 5.03 Å². The minimum atomic E-state index is -0.452. The quantitative estimate of drug-likeness (QED) is 0.258. The van der Waals surface area contributed by atoms with E-state index >= 15 is 0 Å². The zero-order valence-corrected chi connectivity index (χ0v) is 9.42. The predicted molar refractivity (Wildman–Crippen MR) is 56.7 cm³/mol. The summed E-state index contributed by atoms with van der Waals surface area (Å²) in [7, 11) is 0. The van der Waals surface area contributed by atoms with Gasteiger partial charge in [0.1, 0.15) is 0 Å². The van der Waals surface area contributed by atoms with Gasteiger partial charge in [-0.2, -0.15) is 5.10 Å². The smallest absolute Gasteiger partial charge is 0.233 e. The van der Waals surface area contributed by atoms with E-state index in [2.05, 4.69) is 12.0 Å². The van der Waals surface area contributed by atoms with Crippen LogP contribution < -0.4 is 0 Å². The lowest BCUT2D eigenvalue weighted by Gasteiger charge is -2.18. The number of nitro groups is 1. The molecule has 0 radical (unpaired) electrons. The summed E-state index contributed by atoms with van der Waals surface area (Å²) < 4.78 is -0.292. The first-order valence-electron chi connectivity index (χ1n) is 4.04. The van der Waals surface area contributed by atoms with Crippen LogP contribution in [0.4, 0.5) is 0 Å². The molecule has 1 aliphatic rings. The highest BCUT2D eigenvalue weighted by Crippen LogP contribution is 2.18. The molecule has 0 saturated carbocycles. The Hall–Kier alpha value is -0.600. The van der Waals surface area contributed by atoms with Crippen molar-refractivity contribution in [1.82, 2.24) is 10.0 Å². The fourth-order valence-corrected chi connectivity index (χ4v) is 1.74. The summed E-state index contributed by atoms with van der Waals surface area (Å²) in [5, 5.41) is 16.6. The standard InChI is InChI=1S/C6H11IN4O2/c1-2-3-4-9-6(7)10(5-8-9)11(12)13/h5-6H,2-4H2,1H3. The highest BCUT2D eigenvalue weighted by molar-refractivity contribution is 14.1. The molecule has 1 unspecified atom stereocenters. The number of halogens is 1. The van der Waals surface area contributed by atoms with Crippen LogP contribution in [0.1, 0.15) is 19.8 Å².